The molecule has 0 bridgehead atoms. The number of anilines is 2. The zero-order valence-electron chi connectivity index (χ0n) is 7.80. The second kappa shape index (κ2) is 3.91. The minimum atomic E-state index is -0.514. The van der Waals surface area contributed by atoms with E-state index in [0.29, 0.717) is 5.56 Å². The number of halogens is 1. The quantitative estimate of drug-likeness (QED) is 0.557. The van der Waals surface area contributed by atoms with Crippen LogP contribution in [0.25, 0.3) is 0 Å². The molecule has 0 heterocycles. The van der Waals surface area contributed by atoms with E-state index in [1.165, 1.54) is 6.07 Å². The van der Waals surface area contributed by atoms with Gasteiger partial charge in [-0.1, -0.05) is 12.6 Å². The van der Waals surface area contributed by atoms with Crippen molar-refractivity contribution in [1.82, 2.24) is 0 Å². The summed E-state index contributed by atoms with van der Waals surface area (Å²) in [7, 11) is 0. The molecule has 0 atom stereocenters. The lowest BCUT2D eigenvalue weighted by atomic mass is 10.1. The van der Waals surface area contributed by atoms with E-state index in [2.05, 4.69) is 11.9 Å². The molecule has 14 heavy (non-hydrogen) atoms. The monoisotopic (exact) mass is 194 g/mol. The number of carbonyl (C=O) groups is 1. The maximum Gasteiger partial charge on any atom is 0.247 e. The number of aryl methyl sites for hydroxylation is 1. The SMILES string of the molecule is C=CC(=O)Nc1c(N)ccc(C)c1F. The van der Waals surface area contributed by atoms with Crippen LogP contribution in [0.3, 0.4) is 0 Å². The standard InChI is InChI=1S/C10H11FN2O/c1-3-8(14)13-10-7(12)5-4-6(2)9(10)11/h3-5H,1,12H2,2H3,(H,13,14). The Kier molecular flexibility index (Phi) is 2.86. The van der Waals surface area contributed by atoms with Crippen molar-refractivity contribution in [2.45, 2.75) is 6.92 Å². The zero-order chi connectivity index (χ0) is 10.7. The van der Waals surface area contributed by atoms with Gasteiger partial charge in [-0.2, -0.15) is 0 Å². The van der Waals surface area contributed by atoms with Gasteiger partial charge in [0.25, 0.3) is 0 Å². The second-order valence-corrected chi connectivity index (χ2v) is 2.85. The lowest BCUT2D eigenvalue weighted by Crippen LogP contribution is -2.11. The van der Waals surface area contributed by atoms with E-state index >= 15 is 0 Å². The summed E-state index contributed by atoms with van der Waals surface area (Å²) >= 11 is 0. The Morgan fingerprint density at radius 3 is 2.86 bits per heavy atom. The van der Waals surface area contributed by atoms with Gasteiger partial charge in [0, 0.05) is 0 Å². The molecule has 0 aliphatic carbocycles. The van der Waals surface area contributed by atoms with Crippen molar-refractivity contribution in [3.8, 4) is 0 Å². The van der Waals surface area contributed by atoms with Crippen LogP contribution in [0.4, 0.5) is 15.8 Å². The molecule has 0 saturated heterocycles. The number of benzene rings is 1. The van der Waals surface area contributed by atoms with Crippen molar-refractivity contribution in [2.75, 3.05) is 11.1 Å². The topological polar surface area (TPSA) is 55.1 Å². The van der Waals surface area contributed by atoms with E-state index in [4.69, 9.17) is 5.73 Å². The molecule has 1 aromatic carbocycles. The van der Waals surface area contributed by atoms with Gasteiger partial charge in [-0.05, 0) is 24.6 Å². The van der Waals surface area contributed by atoms with Crippen LogP contribution in [-0.4, -0.2) is 5.91 Å². The molecule has 0 spiro atoms. The third-order valence-electron chi connectivity index (χ3n) is 1.80. The molecule has 3 N–H and O–H groups in total. The summed E-state index contributed by atoms with van der Waals surface area (Å²) in [5.41, 5.74) is 6.14. The lowest BCUT2D eigenvalue weighted by molar-refractivity contribution is -0.111. The summed E-state index contributed by atoms with van der Waals surface area (Å²) in [6.45, 7) is 4.86. The average Bonchev–Trinajstić information content (AvgIpc) is 2.18. The minimum absolute atomic E-state index is 0.00917. The molecule has 0 aliphatic rings. The van der Waals surface area contributed by atoms with Crippen LogP contribution in [0.2, 0.25) is 0 Å². The van der Waals surface area contributed by atoms with E-state index in [9.17, 15) is 9.18 Å². The first-order valence-corrected chi connectivity index (χ1v) is 4.04. The lowest BCUT2D eigenvalue weighted by Gasteiger charge is -2.08. The average molecular weight is 194 g/mol. The van der Waals surface area contributed by atoms with Crippen molar-refractivity contribution >= 4 is 17.3 Å². The number of nitrogens with two attached hydrogens (primary N) is 1. The number of rotatable bonds is 2. The third-order valence-corrected chi connectivity index (χ3v) is 1.80. The summed E-state index contributed by atoms with van der Waals surface area (Å²) in [5.74, 6) is -0.999. The fraction of sp³-hybridized carbons (Fsp3) is 0.100. The van der Waals surface area contributed by atoms with Crippen molar-refractivity contribution in [3.05, 3.63) is 36.2 Å². The van der Waals surface area contributed by atoms with Gasteiger partial charge in [0.1, 0.15) is 5.69 Å². The van der Waals surface area contributed by atoms with E-state index in [1.807, 2.05) is 0 Å². The van der Waals surface area contributed by atoms with Gasteiger partial charge >= 0.3 is 0 Å². The van der Waals surface area contributed by atoms with Crippen LogP contribution in [-0.2, 0) is 4.79 Å². The van der Waals surface area contributed by atoms with E-state index in [-0.39, 0.29) is 11.4 Å². The van der Waals surface area contributed by atoms with E-state index in [1.54, 1.807) is 13.0 Å². The first-order valence-electron chi connectivity index (χ1n) is 4.04. The maximum absolute atomic E-state index is 13.4. The predicted octanol–water partition coefficient (Wildman–Crippen LogP) is 1.84. The molecule has 0 radical (unpaired) electrons. The summed E-state index contributed by atoms with van der Waals surface area (Å²) in [6, 6.07) is 3.09. The molecule has 1 rings (SSSR count). The fourth-order valence-electron chi connectivity index (χ4n) is 0.996. The molecular formula is C10H11FN2O. The van der Waals surface area contributed by atoms with Gasteiger partial charge in [0.05, 0.1) is 5.69 Å². The van der Waals surface area contributed by atoms with Crippen molar-refractivity contribution in [3.63, 3.8) is 0 Å². The van der Waals surface area contributed by atoms with Crippen molar-refractivity contribution < 1.29 is 9.18 Å². The van der Waals surface area contributed by atoms with Crippen molar-refractivity contribution in [1.29, 1.82) is 0 Å². The van der Waals surface area contributed by atoms with E-state index in [0.717, 1.165) is 6.08 Å². The Morgan fingerprint density at radius 1 is 1.64 bits per heavy atom. The van der Waals surface area contributed by atoms with Crippen LogP contribution in [0.1, 0.15) is 5.56 Å². The molecule has 0 aliphatic heterocycles. The number of carbonyl (C=O) groups excluding carboxylic acids is 1. The highest BCUT2D eigenvalue weighted by Gasteiger charge is 2.10. The first kappa shape index (κ1) is 10.2. The van der Waals surface area contributed by atoms with E-state index < -0.39 is 11.7 Å². The minimum Gasteiger partial charge on any atom is -0.397 e. The molecule has 1 aromatic rings. The molecule has 3 nitrogen and oxygen atoms in total. The van der Waals surface area contributed by atoms with Gasteiger partial charge in [-0.25, -0.2) is 4.39 Å². The predicted molar refractivity (Wildman–Crippen MR) is 54.4 cm³/mol. The molecule has 4 heteroatoms. The van der Waals surface area contributed by atoms with Crippen LogP contribution < -0.4 is 11.1 Å². The fourth-order valence-corrected chi connectivity index (χ4v) is 0.996. The molecule has 0 fully saturated rings. The zero-order valence-corrected chi connectivity index (χ0v) is 7.80. The third kappa shape index (κ3) is 1.90. The highest BCUT2D eigenvalue weighted by atomic mass is 19.1. The molecule has 1 amide bonds. The molecule has 0 aromatic heterocycles. The molecule has 0 unspecified atom stereocenters. The second-order valence-electron chi connectivity index (χ2n) is 2.85. The number of nitrogens with one attached hydrogen (secondary N) is 1. The van der Waals surface area contributed by atoms with Gasteiger partial charge < -0.3 is 11.1 Å². The number of nitrogen functional groups attached to an aromatic ring is 1. The first-order chi connectivity index (χ1) is 6.56. The number of hydrogen-bond acceptors (Lipinski definition) is 2. The Bertz CT molecular complexity index is 388. The Morgan fingerprint density at radius 2 is 2.29 bits per heavy atom. The van der Waals surface area contributed by atoms with Gasteiger partial charge in [0.15, 0.2) is 5.82 Å². The summed E-state index contributed by atoms with van der Waals surface area (Å²) in [4.78, 5) is 10.9. The van der Waals surface area contributed by atoms with Crippen LogP contribution in [0, 0.1) is 12.7 Å². The van der Waals surface area contributed by atoms with Crippen molar-refractivity contribution in [2.24, 2.45) is 0 Å². The van der Waals surface area contributed by atoms with Crippen LogP contribution in [0.15, 0.2) is 24.8 Å². The smallest absolute Gasteiger partial charge is 0.247 e. The van der Waals surface area contributed by atoms with Crippen LogP contribution >= 0.6 is 0 Å². The Hall–Kier alpha value is -1.84. The number of amides is 1. The summed E-state index contributed by atoms with van der Waals surface area (Å²) in [6.07, 6.45) is 1.06. The maximum atomic E-state index is 13.4. The normalized spacial score (nSPS) is 9.57. The molecular weight excluding hydrogens is 183 g/mol. The Labute approximate surface area is 81.4 Å². The largest absolute Gasteiger partial charge is 0.397 e. The highest BCUT2D eigenvalue weighted by molar-refractivity contribution is 6.01. The highest BCUT2D eigenvalue weighted by Crippen LogP contribution is 2.24. The molecule has 0 saturated carbocycles. The Balaban J connectivity index is 3.12. The van der Waals surface area contributed by atoms with Crippen LogP contribution in [0.5, 0.6) is 0 Å². The summed E-state index contributed by atoms with van der Waals surface area (Å²) in [5, 5.41) is 2.31. The molecule has 74 valence electrons. The van der Waals surface area contributed by atoms with Gasteiger partial charge in [-0.3, -0.25) is 4.79 Å². The van der Waals surface area contributed by atoms with Gasteiger partial charge in [0.2, 0.25) is 5.91 Å². The number of hydrogen-bond donors (Lipinski definition) is 2. The van der Waals surface area contributed by atoms with Gasteiger partial charge in [-0.15, -0.1) is 0 Å². The summed E-state index contributed by atoms with van der Waals surface area (Å²) < 4.78 is 13.4.